The van der Waals surface area contributed by atoms with Crippen molar-refractivity contribution < 1.29 is 31.4 Å². The summed E-state index contributed by atoms with van der Waals surface area (Å²) in [5.74, 6) is -0.621. The van der Waals surface area contributed by atoms with E-state index in [1.54, 1.807) is 13.2 Å². The Morgan fingerprint density at radius 3 is 2.36 bits per heavy atom. The lowest BCUT2D eigenvalue weighted by atomic mass is 9.86. The van der Waals surface area contributed by atoms with E-state index in [0.717, 1.165) is 0 Å². The Balaban J connectivity index is 1.82. The van der Waals surface area contributed by atoms with Crippen molar-refractivity contribution in [3.8, 4) is 11.5 Å². The van der Waals surface area contributed by atoms with E-state index in [4.69, 9.17) is 14.2 Å². The molecule has 36 heavy (non-hydrogen) atoms. The minimum Gasteiger partial charge on any atom is -0.493 e. The van der Waals surface area contributed by atoms with Crippen molar-refractivity contribution in [1.82, 2.24) is 9.62 Å². The monoisotopic (exact) mass is 522 g/mol. The fourth-order valence-electron chi connectivity index (χ4n) is 5.13. The zero-order valence-corrected chi connectivity index (χ0v) is 21.5. The van der Waals surface area contributed by atoms with Gasteiger partial charge in [-0.15, -0.1) is 0 Å². The van der Waals surface area contributed by atoms with Crippen LogP contribution in [0, 0.1) is 11.6 Å². The lowest BCUT2D eigenvalue weighted by Crippen LogP contribution is -2.55. The third-order valence-electron chi connectivity index (χ3n) is 6.93. The maximum absolute atomic E-state index is 14.6. The van der Waals surface area contributed by atoms with Crippen molar-refractivity contribution in [1.29, 1.82) is 0 Å². The van der Waals surface area contributed by atoms with E-state index < -0.39 is 33.8 Å². The molecule has 1 aliphatic heterocycles. The Bertz CT molecular complexity index is 1190. The highest BCUT2D eigenvalue weighted by molar-refractivity contribution is 7.89. The second-order valence-corrected chi connectivity index (χ2v) is 10.8. The first-order chi connectivity index (χ1) is 17.3. The van der Waals surface area contributed by atoms with Crippen LogP contribution in [0.3, 0.4) is 0 Å². The number of nitrogens with one attached hydrogen (secondary N) is 1. The molecule has 1 N–H and O–H groups in total. The first-order valence-corrected chi connectivity index (χ1v) is 13.4. The van der Waals surface area contributed by atoms with Crippen LogP contribution in [0.4, 0.5) is 8.78 Å². The van der Waals surface area contributed by atoms with Crippen LogP contribution in [0.2, 0.25) is 0 Å². The zero-order valence-electron chi connectivity index (χ0n) is 20.7. The summed E-state index contributed by atoms with van der Waals surface area (Å²) >= 11 is 0. The van der Waals surface area contributed by atoms with E-state index in [0.29, 0.717) is 49.4 Å². The predicted molar refractivity (Wildman–Crippen MR) is 132 cm³/mol. The average Bonchev–Trinajstić information content (AvgIpc) is 3.40. The van der Waals surface area contributed by atoms with Crippen LogP contribution in [0.25, 0.3) is 0 Å². The summed E-state index contributed by atoms with van der Waals surface area (Å²) in [7, 11) is 0.381. The first-order valence-electron chi connectivity index (χ1n) is 11.9. The van der Waals surface area contributed by atoms with Gasteiger partial charge in [0.05, 0.1) is 31.3 Å². The summed E-state index contributed by atoms with van der Waals surface area (Å²) in [4.78, 5) is 0.0453. The number of hydrogen-bond donors (Lipinski definition) is 1. The number of hydrogen-bond acceptors (Lipinski definition) is 6. The third kappa shape index (κ3) is 5.13. The van der Waals surface area contributed by atoms with Crippen molar-refractivity contribution in [2.75, 3.05) is 34.4 Å². The van der Waals surface area contributed by atoms with Crippen LogP contribution in [-0.2, 0) is 21.2 Å². The fraction of sp³-hybridized carbons (Fsp3) is 0.462. The van der Waals surface area contributed by atoms with E-state index in [9.17, 15) is 17.2 Å². The highest BCUT2D eigenvalue weighted by Gasteiger charge is 2.45. The van der Waals surface area contributed by atoms with Gasteiger partial charge in [-0.05, 0) is 55.6 Å². The first kappa shape index (κ1) is 26.5. The largest absolute Gasteiger partial charge is 0.493 e. The molecule has 4 rings (SSSR count). The molecule has 1 fully saturated rings. The van der Waals surface area contributed by atoms with Crippen LogP contribution in [0.15, 0.2) is 52.9 Å². The second kappa shape index (κ2) is 11.2. The summed E-state index contributed by atoms with van der Waals surface area (Å²) in [6.07, 6.45) is 3.17. The number of rotatable bonds is 9. The summed E-state index contributed by atoms with van der Waals surface area (Å²) in [5, 5.41) is 3.24. The summed E-state index contributed by atoms with van der Waals surface area (Å²) in [6, 6.07) is 7.12. The summed E-state index contributed by atoms with van der Waals surface area (Å²) in [6.45, 7) is 1.12. The molecule has 1 heterocycles. The Labute approximate surface area is 211 Å². The Kier molecular flexibility index (Phi) is 8.29. The predicted octanol–water partition coefficient (Wildman–Crippen LogP) is 3.68. The third-order valence-corrected chi connectivity index (χ3v) is 8.86. The average molecular weight is 523 g/mol. The maximum Gasteiger partial charge on any atom is 0.244 e. The van der Waals surface area contributed by atoms with Crippen molar-refractivity contribution in [3.05, 3.63) is 65.2 Å². The molecular weight excluding hydrogens is 490 g/mol. The Morgan fingerprint density at radius 2 is 1.75 bits per heavy atom. The number of ether oxygens (including phenoxy) is 3. The molecular formula is C26H32F2N2O5S. The van der Waals surface area contributed by atoms with E-state index in [1.807, 2.05) is 6.08 Å². The molecule has 2 aromatic carbocycles. The topological polar surface area (TPSA) is 77.1 Å². The van der Waals surface area contributed by atoms with Gasteiger partial charge in [0.25, 0.3) is 0 Å². The normalized spacial score (nSPS) is 22.5. The highest BCUT2D eigenvalue weighted by Crippen LogP contribution is 2.37. The minimum absolute atomic E-state index is 0.0453. The highest BCUT2D eigenvalue weighted by atomic mass is 32.2. The van der Waals surface area contributed by atoms with Crippen LogP contribution in [0.5, 0.6) is 11.5 Å². The quantitative estimate of drug-likeness (QED) is 0.507. The molecule has 0 spiro atoms. The maximum atomic E-state index is 14.6. The van der Waals surface area contributed by atoms with E-state index in [2.05, 4.69) is 5.32 Å². The van der Waals surface area contributed by atoms with Gasteiger partial charge in [0.1, 0.15) is 11.6 Å². The fourth-order valence-corrected chi connectivity index (χ4v) is 7.02. The molecule has 1 aliphatic carbocycles. The van der Waals surface area contributed by atoms with Gasteiger partial charge in [-0.3, -0.25) is 0 Å². The van der Waals surface area contributed by atoms with E-state index in [1.165, 1.54) is 48.9 Å². The van der Waals surface area contributed by atoms with Crippen LogP contribution in [0.1, 0.15) is 24.8 Å². The van der Waals surface area contributed by atoms with Crippen molar-refractivity contribution >= 4 is 10.0 Å². The van der Waals surface area contributed by atoms with E-state index >= 15 is 0 Å². The molecule has 10 heteroatoms. The number of benzene rings is 2. The Hall–Kier alpha value is -2.53. The van der Waals surface area contributed by atoms with Crippen molar-refractivity contribution in [2.45, 2.75) is 48.8 Å². The van der Waals surface area contributed by atoms with Crippen molar-refractivity contribution in [2.24, 2.45) is 0 Å². The molecule has 3 atom stereocenters. The van der Waals surface area contributed by atoms with Crippen molar-refractivity contribution in [3.63, 3.8) is 0 Å². The molecule has 0 aromatic heterocycles. The van der Waals surface area contributed by atoms with E-state index in [-0.39, 0.29) is 22.9 Å². The second-order valence-electron chi connectivity index (χ2n) is 8.95. The van der Waals surface area contributed by atoms with Gasteiger partial charge < -0.3 is 19.5 Å². The van der Waals surface area contributed by atoms with Gasteiger partial charge in [0.2, 0.25) is 10.0 Å². The molecule has 0 amide bonds. The van der Waals surface area contributed by atoms with Crippen LogP contribution in [-0.4, -0.2) is 65.3 Å². The minimum atomic E-state index is -4.08. The van der Waals surface area contributed by atoms with Crippen LogP contribution < -0.4 is 14.8 Å². The van der Waals surface area contributed by atoms with Gasteiger partial charge in [-0.2, -0.15) is 4.31 Å². The molecule has 196 valence electrons. The molecule has 7 nitrogen and oxygen atoms in total. The number of sulfonamides is 1. The van der Waals surface area contributed by atoms with Gasteiger partial charge in [-0.1, -0.05) is 12.1 Å². The molecule has 2 aliphatic rings. The number of halogens is 2. The van der Waals surface area contributed by atoms with Gasteiger partial charge in [0.15, 0.2) is 11.5 Å². The molecule has 0 radical (unpaired) electrons. The lowest BCUT2D eigenvalue weighted by molar-refractivity contribution is 0.0360. The molecule has 0 saturated carbocycles. The number of allylic oxidation sites excluding steroid dienone is 1. The lowest BCUT2D eigenvalue weighted by Gasteiger charge is -2.42. The molecule has 0 bridgehead atoms. The van der Waals surface area contributed by atoms with Crippen LogP contribution >= 0.6 is 0 Å². The number of methoxy groups -OCH3 is 3. The summed E-state index contributed by atoms with van der Waals surface area (Å²) in [5.41, 5.74) is 0.534. The standard InChI is InChI=1S/C26H32F2N2O5S/c1-33-23-11-10-19(15-25(23)35-3)36(31,32)30(18-12-13-29-16-18)26-17(6-4-9-24(26)34-2)14-20-21(27)7-5-8-22(20)28/h5-8,10-11,15,18,24,26,29H,4,9,12-14,16H2,1-3H3/t18-,24?,26-/m0/s1. The van der Waals surface area contributed by atoms with Gasteiger partial charge >= 0.3 is 0 Å². The zero-order chi connectivity index (χ0) is 25.9. The SMILES string of the molecule is COc1ccc(S(=O)(=O)N([C@H]2CCNC2)[C@H]2C(Cc3c(F)cccc3F)=CCCC2OC)cc1OC. The van der Waals surface area contributed by atoms with Gasteiger partial charge in [0, 0.05) is 37.7 Å². The number of nitrogens with zero attached hydrogens (tertiary/aromatic N) is 1. The van der Waals surface area contributed by atoms with Gasteiger partial charge in [-0.25, -0.2) is 17.2 Å². The molecule has 1 saturated heterocycles. The summed E-state index contributed by atoms with van der Waals surface area (Å²) < 4.78 is 75.6. The molecule has 1 unspecified atom stereocenters. The molecule has 2 aromatic rings. The Morgan fingerprint density at radius 1 is 1.03 bits per heavy atom. The smallest absolute Gasteiger partial charge is 0.244 e.